The number of hydrogen-bond acceptors (Lipinski definition) is 6. The molecular weight excluding hydrogens is 431 g/mol. The van der Waals surface area contributed by atoms with Crippen molar-refractivity contribution in [3.8, 4) is 5.75 Å². The van der Waals surface area contributed by atoms with Crippen LogP contribution in [0.15, 0.2) is 24.3 Å². The zero-order valence-corrected chi connectivity index (χ0v) is 19.2. The molecule has 2 aliphatic rings. The first-order chi connectivity index (χ1) is 15.5. The molecular formula is C23H29FN4O3S. The molecule has 0 atom stereocenters. The monoisotopic (exact) mass is 460 g/mol. The average Bonchev–Trinajstić information content (AvgIpc) is 3.19. The van der Waals surface area contributed by atoms with Crippen LogP contribution in [-0.2, 0) is 11.4 Å². The van der Waals surface area contributed by atoms with Crippen LogP contribution < -0.4 is 4.74 Å². The van der Waals surface area contributed by atoms with Gasteiger partial charge in [-0.2, -0.15) is 0 Å². The van der Waals surface area contributed by atoms with Crippen LogP contribution >= 0.6 is 11.3 Å². The second kappa shape index (κ2) is 10.4. The van der Waals surface area contributed by atoms with Gasteiger partial charge in [-0.15, -0.1) is 11.3 Å². The fourth-order valence-electron chi connectivity index (χ4n) is 4.08. The van der Waals surface area contributed by atoms with Crippen LogP contribution in [0.4, 0.5) is 4.39 Å². The summed E-state index contributed by atoms with van der Waals surface area (Å²) in [6, 6.07) is 5.82. The van der Waals surface area contributed by atoms with Crippen LogP contribution in [0.5, 0.6) is 5.75 Å². The first-order valence-corrected chi connectivity index (χ1v) is 12.0. The summed E-state index contributed by atoms with van der Waals surface area (Å²) in [6.07, 6.45) is 3.40. The maximum absolute atomic E-state index is 13.0. The molecule has 0 saturated carbocycles. The van der Waals surface area contributed by atoms with E-state index in [0.717, 1.165) is 25.9 Å². The number of carbonyl (C=O) groups is 2. The van der Waals surface area contributed by atoms with Gasteiger partial charge in [-0.25, -0.2) is 9.37 Å². The Bertz CT molecular complexity index is 935. The van der Waals surface area contributed by atoms with Gasteiger partial charge in [-0.3, -0.25) is 14.5 Å². The van der Waals surface area contributed by atoms with Gasteiger partial charge in [0, 0.05) is 39.3 Å². The number of halogens is 1. The number of carbonyl (C=O) groups excluding carboxylic acids is 2. The molecule has 2 aromatic rings. The first-order valence-electron chi connectivity index (χ1n) is 11.1. The van der Waals surface area contributed by atoms with Gasteiger partial charge in [0.15, 0.2) is 0 Å². The Hall–Kier alpha value is -2.52. The Morgan fingerprint density at radius 2 is 1.69 bits per heavy atom. The van der Waals surface area contributed by atoms with Gasteiger partial charge < -0.3 is 14.5 Å². The van der Waals surface area contributed by atoms with Crippen molar-refractivity contribution in [3.63, 3.8) is 0 Å². The lowest BCUT2D eigenvalue weighted by atomic mass is 10.1. The van der Waals surface area contributed by atoms with E-state index in [4.69, 9.17) is 4.74 Å². The van der Waals surface area contributed by atoms with E-state index in [1.165, 1.54) is 29.9 Å². The third kappa shape index (κ3) is 5.63. The number of rotatable bonds is 6. The molecule has 2 aliphatic heterocycles. The molecule has 0 unspecified atom stereocenters. The standard InChI is InChI=1S/C23H29FN4O3S/c1-17-22(32-20(25-17)16-31-19-7-5-18(24)6-8-19)23(30)28-13-11-26(12-14-28)15-21(29)27-9-3-2-4-10-27/h5-8H,2-4,9-16H2,1H3. The van der Waals surface area contributed by atoms with Crippen molar-refractivity contribution in [3.05, 3.63) is 45.7 Å². The zero-order valence-electron chi connectivity index (χ0n) is 18.4. The number of aryl methyl sites for hydroxylation is 1. The molecule has 172 valence electrons. The number of benzene rings is 1. The van der Waals surface area contributed by atoms with Crippen LogP contribution in [0.1, 0.15) is 39.6 Å². The molecule has 1 aromatic heterocycles. The Balaban J connectivity index is 1.27. The number of ether oxygens (including phenoxy) is 1. The topological polar surface area (TPSA) is 66.0 Å². The number of amides is 2. The van der Waals surface area contributed by atoms with E-state index < -0.39 is 0 Å². The maximum atomic E-state index is 13.0. The molecule has 4 rings (SSSR count). The molecule has 9 heteroatoms. The number of likely N-dealkylation sites (tertiary alicyclic amines) is 1. The van der Waals surface area contributed by atoms with E-state index in [9.17, 15) is 14.0 Å². The smallest absolute Gasteiger partial charge is 0.265 e. The summed E-state index contributed by atoms with van der Waals surface area (Å²) < 4.78 is 18.7. The Labute approximate surface area is 191 Å². The Kier molecular flexibility index (Phi) is 7.36. The molecule has 1 aromatic carbocycles. The van der Waals surface area contributed by atoms with Gasteiger partial charge in [0.25, 0.3) is 5.91 Å². The van der Waals surface area contributed by atoms with Crippen LogP contribution in [-0.4, -0.2) is 77.3 Å². The first kappa shape index (κ1) is 22.7. The summed E-state index contributed by atoms with van der Waals surface area (Å²) >= 11 is 1.34. The highest BCUT2D eigenvalue weighted by molar-refractivity contribution is 7.13. The second-order valence-corrected chi connectivity index (χ2v) is 9.36. The number of thiazole rings is 1. The fourth-order valence-corrected chi connectivity index (χ4v) is 5.02. The van der Waals surface area contributed by atoms with Crippen molar-refractivity contribution in [1.82, 2.24) is 19.7 Å². The maximum Gasteiger partial charge on any atom is 0.265 e. The quantitative estimate of drug-likeness (QED) is 0.663. The summed E-state index contributed by atoms with van der Waals surface area (Å²) in [4.78, 5) is 36.6. The van der Waals surface area contributed by atoms with Crippen molar-refractivity contribution >= 4 is 23.2 Å². The number of aromatic nitrogens is 1. The fraction of sp³-hybridized carbons (Fsp3) is 0.522. The van der Waals surface area contributed by atoms with Crippen LogP contribution in [0.3, 0.4) is 0 Å². The third-order valence-corrected chi connectivity index (χ3v) is 7.06. The molecule has 2 fully saturated rings. The molecule has 0 bridgehead atoms. The Morgan fingerprint density at radius 1 is 1.00 bits per heavy atom. The van der Waals surface area contributed by atoms with Gasteiger partial charge in [-0.1, -0.05) is 0 Å². The van der Waals surface area contributed by atoms with Crippen LogP contribution in [0.2, 0.25) is 0 Å². The highest BCUT2D eigenvalue weighted by Gasteiger charge is 2.27. The van der Waals surface area contributed by atoms with E-state index in [2.05, 4.69) is 9.88 Å². The summed E-state index contributed by atoms with van der Waals surface area (Å²) in [5, 5.41) is 0.709. The molecule has 3 heterocycles. The van der Waals surface area contributed by atoms with Crippen molar-refractivity contribution < 1.29 is 18.7 Å². The number of nitrogens with zero attached hydrogens (tertiary/aromatic N) is 4. The highest BCUT2D eigenvalue weighted by Crippen LogP contribution is 2.23. The van der Waals surface area contributed by atoms with E-state index in [-0.39, 0.29) is 24.2 Å². The number of piperazine rings is 1. The molecule has 2 saturated heterocycles. The van der Waals surface area contributed by atoms with E-state index in [0.29, 0.717) is 54.1 Å². The minimum absolute atomic E-state index is 0.0185. The lowest BCUT2D eigenvalue weighted by Gasteiger charge is -2.36. The summed E-state index contributed by atoms with van der Waals surface area (Å²) in [6.45, 7) is 6.84. The van der Waals surface area contributed by atoms with Gasteiger partial charge in [-0.05, 0) is 50.5 Å². The highest BCUT2D eigenvalue weighted by atomic mass is 32.1. The number of hydrogen-bond donors (Lipinski definition) is 0. The molecule has 32 heavy (non-hydrogen) atoms. The molecule has 0 aliphatic carbocycles. The SMILES string of the molecule is Cc1nc(COc2ccc(F)cc2)sc1C(=O)N1CCN(CC(=O)N2CCCCC2)CC1. The lowest BCUT2D eigenvalue weighted by Crippen LogP contribution is -2.52. The summed E-state index contributed by atoms with van der Waals surface area (Å²) in [7, 11) is 0. The third-order valence-electron chi connectivity index (χ3n) is 5.94. The average molecular weight is 461 g/mol. The molecule has 2 amide bonds. The molecule has 7 nitrogen and oxygen atoms in total. The number of piperidine rings is 1. The van der Waals surface area contributed by atoms with Gasteiger partial charge in [0.2, 0.25) is 5.91 Å². The molecule has 0 spiro atoms. The summed E-state index contributed by atoms with van der Waals surface area (Å²) in [5.74, 6) is 0.428. The lowest BCUT2D eigenvalue weighted by molar-refractivity contribution is -0.133. The minimum atomic E-state index is -0.314. The van der Waals surface area contributed by atoms with Crippen molar-refractivity contribution in [2.45, 2.75) is 32.8 Å². The van der Waals surface area contributed by atoms with Crippen LogP contribution in [0, 0.1) is 12.7 Å². The zero-order chi connectivity index (χ0) is 22.5. The van der Waals surface area contributed by atoms with Crippen molar-refractivity contribution in [2.75, 3.05) is 45.8 Å². The van der Waals surface area contributed by atoms with Gasteiger partial charge >= 0.3 is 0 Å². The van der Waals surface area contributed by atoms with Crippen molar-refractivity contribution in [1.29, 1.82) is 0 Å². The van der Waals surface area contributed by atoms with Crippen molar-refractivity contribution in [2.24, 2.45) is 0 Å². The van der Waals surface area contributed by atoms with E-state index in [1.54, 1.807) is 12.1 Å². The van der Waals surface area contributed by atoms with Crippen LogP contribution in [0.25, 0.3) is 0 Å². The predicted molar refractivity (Wildman–Crippen MR) is 120 cm³/mol. The Morgan fingerprint density at radius 3 is 2.38 bits per heavy atom. The molecule has 0 N–H and O–H groups in total. The van der Waals surface area contributed by atoms with E-state index >= 15 is 0 Å². The molecule has 0 radical (unpaired) electrons. The van der Waals surface area contributed by atoms with E-state index in [1.807, 2.05) is 16.7 Å². The van der Waals surface area contributed by atoms with Gasteiger partial charge in [0.1, 0.15) is 28.1 Å². The predicted octanol–water partition coefficient (Wildman–Crippen LogP) is 2.94. The normalized spacial score (nSPS) is 17.4. The van der Waals surface area contributed by atoms with Gasteiger partial charge in [0.05, 0.1) is 12.2 Å². The largest absolute Gasteiger partial charge is 0.486 e. The minimum Gasteiger partial charge on any atom is -0.486 e. The second-order valence-electron chi connectivity index (χ2n) is 8.27. The summed E-state index contributed by atoms with van der Waals surface area (Å²) in [5.41, 5.74) is 0.695.